The second-order valence-electron chi connectivity index (χ2n) is 6.26. The maximum absolute atomic E-state index is 12.9. The van der Waals surface area contributed by atoms with Crippen LogP contribution in [-0.2, 0) is 4.79 Å². The number of aromatic hydroxyl groups is 2. The standard InChI is InChI=1S/C20H17Br2NO3/c1-23-10-14(6-12-2-4-18(24)16(21)8-12)20(26)15(11-23)7-13-3-5-19(25)17(22)9-13/h2-9,24-25H,10-11H2,1H3/b14-6+,15-7+. The maximum atomic E-state index is 12.9. The molecule has 2 N–H and O–H groups in total. The van der Waals surface area contributed by atoms with Crippen molar-refractivity contribution in [1.29, 1.82) is 0 Å². The van der Waals surface area contributed by atoms with Crippen molar-refractivity contribution in [3.63, 3.8) is 0 Å². The van der Waals surface area contributed by atoms with Crippen LogP contribution in [0.15, 0.2) is 56.5 Å². The number of carbonyl (C=O) groups is 1. The fourth-order valence-electron chi connectivity index (χ4n) is 2.84. The fraction of sp³-hybridized carbons (Fsp3) is 0.150. The van der Waals surface area contributed by atoms with Gasteiger partial charge in [-0.2, -0.15) is 0 Å². The number of rotatable bonds is 2. The third-order valence-corrected chi connectivity index (χ3v) is 5.36. The molecule has 4 nitrogen and oxygen atoms in total. The average molecular weight is 479 g/mol. The summed E-state index contributed by atoms with van der Waals surface area (Å²) in [5.41, 5.74) is 3.08. The molecule has 1 heterocycles. The lowest BCUT2D eigenvalue weighted by atomic mass is 9.94. The third kappa shape index (κ3) is 4.26. The Labute approximate surface area is 168 Å². The Morgan fingerprint density at radius 1 is 0.885 bits per heavy atom. The Kier molecular flexibility index (Phi) is 5.65. The molecule has 0 atom stereocenters. The topological polar surface area (TPSA) is 60.8 Å². The monoisotopic (exact) mass is 477 g/mol. The molecule has 1 aliphatic heterocycles. The number of ketones is 1. The van der Waals surface area contributed by atoms with Crippen LogP contribution in [0.5, 0.6) is 11.5 Å². The molecule has 0 bridgehead atoms. The number of likely N-dealkylation sites (N-methyl/N-ethyl adjacent to an activating group) is 1. The van der Waals surface area contributed by atoms with Crippen molar-refractivity contribution in [3.8, 4) is 11.5 Å². The maximum Gasteiger partial charge on any atom is 0.187 e. The molecule has 134 valence electrons. The zero-order valence-electron chi connectivity index (χ0n) is 14.0. The van der Waals surface area contributed by atoms with Crippen LogP contribution in [0.3, 0.4) is 0 Å². The van der Waals surface area contributed by atoms with Crippen LogP contribution in [0.1, 0.15) is 11.1 Å². The summed E-state index contributed by atoms with van der Waals surface area (Å²) in [7, 11) is 1.97. The van der Waals surface area contributed by atoms with E-state index in [0.29, 0.717) is 33.2 Å². The zero-order chi connectivity index (χ0) is 18.8. The second kappa shape index (κ2) is 7.78. The molecule has 0 radical (unpaired) electrons. The minimum atomic E-state index is 0.0106. The van der Waals surface area contributed by atoms with Crippen LogP contribution >= 0.6 is 31.9 Å². The van der Waals surface area contributed by atoms with Crippen LogP contribution in [-0.4, -0.2) is 41.0 Å². The van der Waals surface area contributed by atoms with Crippen molar-refractivity contribution in [1.82, 2.24) is 4.90 Å². The molecule has 0 aliphatic carbocycles. The molecule has 2 aromatic carbocycles. The second-order valence-corrected chi connectivity index (χ2v) is 7.97. The van der Waals surface area contributed by atoms with Gasteiger partial charge >= 0.3 is 0 Å². The molecule has 0 amide bonds. The fourth-order valence-corrected chi connectivity index (χ4v) is 3.63. The van der Waals surface area contributed by atoms with Gasteiger partial charge in [-0.15, -0.1) is 0 Å². The minimum Gasteiger partial charge on any atom is -0.507 e. The largest absolute Gasteiger partial charge is 0.507 e. The molecule has 2 aromatic rings. The van der Waals surface area contributed by atoms with Crippen molar-refractivity contribution in [2.24, 2.45) is 0 Å². The van der Waals surface area contributed by atoms with Gasteiger partial charge in [0.1, 0.15) is 11.5 Å². The van der Waals surface area contributed by atoms with E-state index in [9.17, 15) is 15.0 Å². The summed E-state index contributed by atoms with van der Waals surface area (Å²) in [6.45, 7) is 1.13. The normalized spacial score (nSPS) is 18.7. The summed E-state index contributed by atoms with van der Waals surface area (Å²) in [5, 5.41) is 19.2. The molecule has 0 unspecified atom stereocenters. The molecule has 1 fully saturated rings. The van der Waals surface area contributed by atoms with Crippen molar-refractivity contribution in [2.45, 2.75) is 0 Å². The number of nitrogens with zero attached hydrogens (tertiary/aromatic N) is 1. The van der Waals surface area contributed by atoms with E-state index in [4.69, 9.17) is 0 Å². The van der Waals surface area contributed by atoms with Gasteiger partial charge in [0.25, 0.3) is 0 Å². The lowest BCUT2D eigenvalue weighted by Crippen LogP contribution is -2.34. The number of carbonyl (C=O) groups excluding carboxylic acids is 1. The van der Waals surface area contributed by atoms with Gasteiger partial charge in [0.15, 0.2) is 5.78 Å². The molecule has 0 spiro atoms. The van der Waals surface area contributed by atoms with Gasteiger partial charge < -0.3 is 10.2 Å². The Hall–Kier alpha value is -1.89. The van der Waals surface area contributed by atoms with Crippen molar-refractivity contribution in [3.05, 3.63) is 67.6 Å². The van der Waals surface area contributed by atoms with E-state index in [1.165, 1.54) is 0 Å². The highest BCUT2D eigenvalue weighted by Crippen LogP contribution is 2.28. The Morgan fingerprint density at radius 3 is 1.69 bits per heavy atom. The Balaban J connectivity index is 1.94. The summed E-state index contributed by atoms with van der Waals surface area (Å²) in [6.07, 6.45) is 3.70. The van der Waals surface area contributed by atoms with Crippen molar-refractivity contribution >= 4 is 49.8 Å². The predicted molar refractivity (Wildman–Crippen MR) is 110 cm³/mol. The number of phenols is 2. The van der Waals surface area contributed by atoms with Gasteiger partial charge in [0, 0.05) is 24.2 Å². The number of halogens is 2. The summed E-state index contributed by atoms with van der Waals surface area (Å²) in [6, 6.07) is 10.3. The van der Waals surface area contributed by atoms with E-state index in [1.807, 2.05) is 19.2 Å². The van der Waals surface area contributed by atoms with E-state index in [0.717, 1.165) is 11.1 Å². The highest BCUT2D eigenvalue weighted by Gasteiger charge is 2.24. The van der Waals surface area contributed by atoms with E-state index < -0.39 is 0 Å². The smallest absolute Gasteiger partial charge is 0.187 e. The van der Waals surface area contributed by atoms with Crippen LogP contribution in [0.25, 0.3) is 12.2 Å². The molecule has 1 aliphatic rings. The number of piperidine rings is 1. The molecule has 0 saturated carbocycles. The van der Waals surface area contributed by atoms with Crippen LogP contribution < -0.4 is 0 Å². The number of phenolic OH excluding ortho intramolecular Hbond substituents is 2. The lowest BCUT2D eigenvalue weighted by Gasteiger charge is -2.26. The van der Waals surface area contributed by atoms with E-state index in [-0.39, 0.29) is 17.3 Å². The summed E-state index contributed by atoms with van der Waals surface area (Å²) < 4.78 is 1.18. The number of likely N-dealkylation sites (tertiary alicyclic amines) is 1. The summed E-state index contributed by atoms with van der Waals surface area (Å²) >= 11 is 6.59. The quantitative estimate of drug-likeness (QED) is 0.619. The van der Waals surface area contributed by atoms with Gasteiger partial charge in [0.05, 0.1) is 8.95 Å². The van der Waals surface area contributed by atoms with E-state index in [1.54, 1.807) is 36.4 Å². The third-order valence-electron chi connectivity index (χ3n) is 4.09. The first kappa shape index (κ1) is 18.9. The molecule has 3 rings (SSSR count). The van der Waals surface area contributed by atoms with Gasteiger partial charge in [0.2, 0.25) is 0 Å². The number of benzene rings is 2. The van der Waals surface area contributed by atoms with Gasteiger partial charge in [-0.05, 0) is 86.5 Å². The average Bonchev–Trinajstić information content (AvgIpc) is 2.58. The van der Waals surface area contributed by atoms with Crippen LogP contribution in [0.2, 0.25) is 0 Å². The Morgan fingerprint density at radius 2 is 1.31 bits per heavy atom. The first-order chi connectivity index (χ1) is 12.3. The highest BCUT2D eigenvalue weighted by atomic mass is 79.9. The molecule has 6 heteroatoms. The van der Waals surface area contributed by atoms with Crippen molar-refractivity contribution < 1.29 is 15.0 Å². The molecule has 0 aromatic heterocycles. The molecule has 26 heavy (non-hydrogen) atoms. The SMILES string of the molecule is CN1C/C(=C\c2ccc(O)c(Br)c2)C(=O)/C(=C/c2ccc(O)c(Br)c2)C1. The highest BCUT2D eigenvalue weighted by molar-refractivity contribution is 9.10. The summed E-state index contributed by atoms with van der Waals surface area (Å²) in [4.78, 5) is 15.0. The van der Waals surface area contributed by atoms with Crippen molar-refractivity contribution in [2.75, 3.05) is 20.1 Å². The number of Topliss-reactive ketones (excluding diaryl/α,β-unsaturated/α-hetero) is 1. The Bertz CT molecular complexity index is 861. The lowest BCUT2D eigenvalue weighted by molar-refractivity contribution is -0.113. The van der Waals surface area contributed by atoms with Gasteiger partial charge in [-0.3, -0.25) is 9.69 Å². The number of hydrogen-bond donors (Lipinski definition) is 2. The minimum absolute atomic E-state index is 0.0106. The van der Waals surface area contributed by atoms with Gasteiger partial charge in [-0.1, -0.05) is 12.1 Å². The van der Waals surface area contributed by atoms with E-state index >= 15 is 0 Å². The first-order valence-electron chi connectivity index (χ1n) is 7.95. The first-order valence-corrected chi connectivity index (χ1v) is 9.53. The molecular formula is C20H17Br2NO3. The predicted octanol–water partition coefficient (Wildman–Crippen LogP) is 4.60. The molecule has 1 saturated heterocycles. The van der Waals surface area contributed by atoms with Crippen LogP contribution in [0.4, 0.5) is 0 Å². The van der Waals surface area contributed by atoms with Gasteiger partial charge in [-0.25, -0.2) is 0 Å². The zero-order valence-corrected chi connectivity index (χ0v) is 17.2. The van der Waals surface area contributed by atoms with E-state index in [2.05, 4.69) is 36.8 Å². The summed E-state index contributed by atoms with van der Waals surface area (Å²) in [5.74, 6) is 0.340. The van der Waals surface area contributed by atoms with Crippen LogP contribution in [0, 0.1) is 0 Å². The number of hydrogen-bond acceptors (Lipinski definition) is 4. The molecular weight excluding hydrogens is 462 g/mol.